The molecule has 8 heteroatoms. The average molecular weight is 372 g/mol. The molecule has 0 bridgehead atoms. The largest absolute Gasteiger partial charge is 0.497 e. The number of methoxy groups -OCH3 is 2. The molecule has 1 unspecified atom stereocenters. The van der Waals surface area contributed by atoms with Gasteiger partial charge in [0.25, 0.3) is 5.69 Å². The summed E-state index contributed by atoms with van der Waals surface area (Å²) in [4.78, 5) is 17.0. The van der Waals surface area contributed by atoms with Crippen molar-refractivity contribution in [3.8, 4) is 11.5 Å². The van der Waals surface area contributed by atoms with E-state index in [0.29, 0.717) is 5.56 Å². The summed E-state index contributed by atoms with van der Waals surface area (Å²) in [5.74, 6) is 2.24. The minimum atomic E-state index is -0.400. The molecule has 3 rings (SSSR count). The lowest BCUT2D eigenvalue weighted by Crippen LogP contribution is -2.42. The maximum Gasteiger partial charge on any atom is 0.290 e. The van der Waals surface area contributed by atoms with Gasteiger partial charge in [-0.1, -0.05) is 0 Å². The number of nitrogens with one attached hydrogen (secondary N) is 1. The van der Waals surface area contributed by atoms with Crippen LogP contribution < -0.4 is 19.7 Å². The van der Waals surface area contributed by atoms with Crippen LogP contribution in [0.25, 0.3) is 0 Å². The third-order valence-electron chi connectivity index (χ3n) is 4.73. The van der Waals surface area contributed by atoms with Gasteiger partial charge in [0.05, 0.1) is 19.1 Å². The summed E-state index contributed by atoms with van der Waals surface area (Å²) in [5.41, 5.74) is 1.61. The summed E-state index contributed by atoms with van der Waals surface area (Å²) in [7, 11) is 3.26. The van der Waals surface area contributed by atoms with E-state index in [1.807, 2.05) is 18.2 Å². The Bertz CT molecular complexity index is 805. The Balaban J connectivity index is 1.73. The fourth-order valence-electron chi connectivity index (χ4n) is 3.33. The predicted molar refractivity (Wildman–Crippen MR) is 104 cm³/mol. The third kappa shape index (κ3) is 4.39. The summed E-state index contributed by atoms with van der Waals surface area (Å²) in [5, 5.41) is 14.5. The number of aryl methyl sites for hydroxylation is 1. The van der Waals surface area contributed by atoms with Gasteiger partial charge in [0.15, 0.2) is 0 Å². The number of hydrogen-bond acceptors (Lipinski definition) is 7. The molecule has 144 valence electrons. The van der Waals surface area contributed by atoms with Gasteiger partial charge in [-0.3, -0.25) is 10.1 Å². The van der Waals surface area contributed by atoms with Gasteiger partial charge in [-0.25, -0.2) is 4.98 Å². The highest BCUT2D eigenvalue weighted by Gasteiger charge is 2.22. The molecule has 1 aliphatic heterocycles. The van der Waals surface area contributed by atoms with Gasteiger partial charge in [-0.05, 0) is 25.8 Å². The lowest BCUT2D eigenvalue weighted by atomic mass is 10.0. The molecule has 1 atom stereocenters. The van der Waals surface area contributed by atoms with E-state index >= 15 is 0 Å². The maximum atomic E-state index is 11.0. The Morgan fingerprint density at radius 2 is 1.93 bits per heavy atom. The first-order valence-electron chi connectivity index (χ1n) is 8.85. The van der Waals surface area contributed by atoms with Gasteiger partial charge in [0, 0.05) is 48.6 Å². The number of benzene rings is 1. The number of piperidine rings is 1. The standard InChI is InChI=1S/C19H24N4O4/c1-13-7-19(20-11-18(13)23(24)25)22-6-4-5-14(12-22)21-15-8-16(26-2)10-17(9-15)27-3/h7-11,14,21H,4-6,12H2,1-3H3. The van der Waals surface area contributed by atoms with E-state index in [0.717, 1.165) is 48.9 Å². The lowest BCUT2D eigenvalue weighted by molar-refractivity contribution is -0.385. The molecule has 1 aromatic heterocycles. The van der Waals surface area contributed by atoms with E-state index in [4.69, 9.17) is 9.47 Å². The van der Waals surface area contributed by atoms with Crippen molar-refractivity contribution in [3.63, 3.8) is 0 Å². The van der Waals surface area contributed by atoms with Crippen molar-refractivity contribution in [3.05, 3.63) is 46.1 Å². The van der Waals surface area contributed by atoms with Crippen LogP contribution in [0.4, 0.5) is 17.2 Å². The zero-order valence-corrected chi connectivity index (χ0v) is 15.8. The van der Waals surface area contributed by atoms with Gasteiger partial charge in [-0.15, -0.1) is 0 Å². The molecule has 1 aliphatic rings. The molecule has 0 spiro atoms. The molecule has 1 fully saturated rings. The summed E-state index contributed by atoms with van der Waals surface area (Å²) >= 11 is 0. The van der Waals surface area contributed by atoms with Crippen LogP contribution in [0.1, 0.15) is 18.4 Å². The molecule has 1 saturated heterocycles. The van der Waals surface area contributed by atoms with E-state index < -0.39 is 4.92 Å². The van der Waals surface area contributed by atoms with Gasteiger partial charge in [-0.2, -0.15) is 0 Å². The van der Waals surface area contributed by atoms with Gasteiger partial charge < -0.3 is 19.7 Å². The van der Waals surface area contributed by atoms with E-state index in [1.165, 1.54) is 6.20 Å². The number of pyridine rings is 1. The van der Waals surface area contributed by atoms with E-state index in [9.17, 15) is 10.1 Å². The normalized spacial score (nSPS) is 16.7. The molecular weight excluding hydrogens is 348 g/mol. The Kier molecular flexibility index (Phi) is 5.63. The zero-order valence-electron chi connectivity index (χ0n) is 15.8. The zero-order chi connectivity index (χ0) is 19.4. The summed E-state index contributed by atoms with van der Waals surface area (Å²) in [6.07, 6.45) is 3.38. The number of ether oxygens (including phenoxy) is 2. The van der Waals surface area contributed by atoms with Crippen molar-refractivity contribution in [2.75, 3.05) is 37.5 Å². The van der Waals surface area contributed by atoms with E-state index in [-0.39, 0.29) is 11.7 Å². The molecule has 2 aromatic rings. The number of rotatable bonds is 6. The fraction of sp³-hybridized carbons (Fsp3) is 0.421. The summed E-state index contributed by atoms with van der Waals surface area (Å²) in [6.45, 7) is 3.39. The molecule has 8 nitrogen and oxygen atoms in total. The van der Waals surface area contributed by atoms with Crippen LogP contribution >= 0.6 is 0 Å². The molecule has 1 aromatic carbocycles. The van der Waals surface area contributed by atoms with E-state index in [1.54, 1.807) is 27.2 Å². The van der Waals surface area contributed by atoms with Crippen LogP contribution in [-0.4, -0.2) is 43.3 Å². The van der Waals surface area contributed by atoms with Crippen molar-refractivity contribution in [1.29, 1.82) is 0 Å². The van der Waals surface area contributed by atoms with Crippen LogP contribution in [0.2, 0.25) is 0 Å². The highest BCUT2D eigenvalue weighted by atomic mass is 16.6. The van der Waals surface area contributed by atoms with Crippen molar-refractivity contribution in [2.45, 2.75) is 25.8 Å². The molecule has 0 aliphatic carbocycles. The second-order valence-electron chi connectivity index (χ2n) is 6.62. The SMILES string of the molecule is COc1cc(NC2CCCN(c3cc(C)c([N+](=O)[O-])cn3)C2)cc(OC)c1. The Hall–Kier alpha value is -3.03. The number of hydrogen-bond donors (Lipinski definition) is 1. The monoisotopic (exact) mass is 372 g/mol. The van der Waals surface area contributed by atoms with Crippen LogP contribution in [0.15, 0.2) is 30.5 Å². The molecule has 1 N–H and O–H groups in total. The van der Waals surface area contributed by atoms with Crippen molar-refractivity contribution in [2.24, 2.45) is 0 Å². The number of nitro groups is 1. The van der Waals surface area contributed by atoms with Gasteiger partial charge in [0.1, 0.15) is 23.5 Å². The fourth-order valence-corrected chi connectivity index (χ4v) is 3.33. The van der Waals surface area contributed by atoms with Gasteiger partial charge >= 0.3 is 0 Å². The Morgan fingerprint density at radius 1 is 1.22 bits per heavy atom. The van der Waals surface area contributed by atoms with Crippen LogP contribution in [0, 0.1) is 17.0 Å². The Labute approximate surface area is 158 Å². The Morgan fingerprint density at radius 3 is 2.52 bits per heavy atom. The molecule has 0 saturated carbocycles. The molecule has 0 radical (unpaired) electrons. The highest BCUT2D eigenvalue weighted by molar-refractivity contribution is 5.55. The van der Waals surface area contributed by atoms with Crippen molar-refractivity contribution < 1.29 is 14.4 Å². The lowest BCUT2D eigenvalue weighted by Gasteiger charge is -2.34. The molecule has 2 heterocycles. The summed E-state index contributed by atoms with van der Waals surface area (Å²) < 4.78 is 10.7. The second-order valence-corrected chi connectivity index (χ2v) is 6.62. The second kappa shape index (κ2) is 8.11. The van der Waals surface area contributed by atoms with E-state index in [2.05, 4.69) is 15.2 Å². The van der Waals surface area contributed by atoms with Gasteiger partial charge in [0.2, 0.25) is 0 Å². The molecule has 27 heavy (non-hydrogen) atoms. The molecule has 0 amide bonds. The van der Waals surface area contributed by atoms with Crippen LogP contribution in [-0.2, 0) is 0 Å². The molecular formula is C19H24N4O4. The predicted octanol–water partition coefficient (Wildman–Crippen LogP) is 3.40. The average Bonchev–Trinajstić information content (AvgIpc) is 2.67. The van der Waals surface area contributed by atoms with Crippen molar-refractivity contribution >= 4 is 17.2 Å². The smallest absolute Gasteiger partial charge is 0.290 e. The number of anilines is 2. The first kappa shape index (κ1) is 18.8. The minimum Gasteiger partial charge on any atom is -0.497 e. The number of nitrogens with zero attached hydrogens (tertiary/aromatic N) is 3. The summed E-state index contributed by atoms with van der Waals surface area (Å²) in [6, 6.07) is 7.73. The van der Waals surface area contributed by atoms with Crippen LogP contribution in [0.5, 0.6) is 11.5 Å². The first-order chi connectivity index (χ1) is 13.0. The maximum absolute atomic E-state index is 11.0. The number of aromatic nitrogens is 1. The van der Waals surface area contributed by atoms with Crippen molar-refractivity contribution in [1.82, 2.24) is 4.98 Å². The quantitative estimate of drug-likeness (QED) is 0.614. The first-order valence-corrected chi connectivity index (χ1v) is 8.85. The minimum absolute atomic E-state index is 0.0499. The highest BCUT2D eigenvalue weighted by Crippen LogP contribution is 2.28. The third-order valence-corrected chi connectivity index (χ3v) is 4.73. The van der Waals surface area contributed by atoms with Crippen LogP contribution in [0.3, 0.4) is 0 Å². The topological polar surface area (TPSA) is 89.8 Å².